The summed E-state index contributed by atoms with van der Waals surface area (Å²) >= 11 is 0. The number of rotatable bonds is 18. The second kappa shape index (κ2) is 15.1. The molecule has 0 aliphatic heterocycles. The van der Waals surface area contributed by atoms with Crippen LogP contribution in [-0.2, 0) is 31.2 Å². The minimum absolute atomic E-state index is 0.149. The van der Waals surface area contributed by atoms with E-state index in [2.05, 4.69) is 69.8 Å². The summed E-state index contributed by atoms with van der Waals surface area (Å²) < 4.78 is 18.7. The van der Waals surface area contributed by atoms with Crippen LogP contribution >= 0.6 is 0 Å². The van der Waals surface area contributed by atoms with E-state index in [1.165, 1.54) is 60.4 Å². The SMILES string of the molecule is C=CC(=O)OCCCC(CCCCCCCC)C(OCC)(OCC)c1cccc2c1Cc1ccccc1-2. The minimum atomic E-state index is -0.831. The van der Waals surface area contributed by atoms with Crippen LogP contribution in [0, 0.1) is 5.92 Å². The molecule has 1 aliphatic rings. The van der Waals surface area contributed by atoms with E-state index in [9.17, 15) is 4.79 Å². The fraction of sp³-hybridized carbons (Fsp3) is 0.545. The van der Waals surface area contributed by atoms with Crippen LogP contribution in [0.4, 0.5) is 0 Å². The fourth-order valence-electron chi connectivity index (χ4n) is 5.82. The Morgan fingerprint density at radius 2 is 1.57 bits per heavy atom. The Bertz CT molecular complexity index is 990. The number of benzene rings is 2. The molecule has 2 aromatic carbocycles. The van der Waals surface area contributed by atoms with Crippen molar-refractivity contribution in [1.29, 1.82) is 0 Å². The van der Waals surface area contributed by atoms with E-state index in [-0.39, 0.29) is 11.9 Å². The standard InChI is InChI=1S/C33H46O4/c1-5-9-10-11-12-13-19-27(20-17-24-35-32(34)6-2)33(36-7-3,37-8-4)31-23-16-22-29-28-21-15-14-18-26(28)25-30(29)31/h6,14-16,18,21-23,27H,2,5,7-13,17,19-20,24-25H2,1,3-4H3. The van der Waals surface area contributed by atoms with Gasteiger partial charge in [0.05, 0.1) is 6.61 Å². The number of hydrogen-bond acceptors (Lipinski definition) is 4. The Balaban J connectivity index is 1.93. The van der Waals surface area contributed by atoms with Crippen molar-refractivity contribution in [1.82, 2.24) is 0 Å². The average molecular weight is 507 g/mol. The molecule has 0 spiro atoms. The molecule has 0 radical (unpaired) electrons. The van der Waals surface area contributed by atoms with Crippen LogP contribution < -0.4 is 0 Å². The van der Waals surface area contributed by atoms with Crippen molar-refractivity contribution < 1.29 is 19.0 Å². The molecule has 0 heterocycles. The molecular formula is C33H46O4. The summed E-state index contributed by atoms with van der Waals surface area (Å²) in [5.41, 5.74) is 6.43. The van der Waals surface area contributed by atoms with Gasteiger partial charge in [0.15, 0.2) is 5.79 Å². The van der Waals surface area contributed by atoms with Crippen molar-refractivity contribution in [2.75, 3.05) is 19.8 Å². The first kappa shape index (κ1) is 29.1. The quantitative estimate of drug-likeness (QED) is 0.0752. The summed E-state index contributed by atoms with van der Waals surface area (Å²) in [5.74, 6) is -1.05. The number of carbonyl (C=O) groups is 1. The van der Waals surface area contributed by atoms with Crippen molar-refractivity contribution in [3.8, 4) is 11.1 Å². The lowest BCUT2D eigenvalue weighted by atomic mass is 9.81. The number of unbranched alkanes of at least 4 members (excludes halogenated alkanes) is 5. The highest BCUT2D eigenvalue weighted by Crippen LogP contribution is 2.47. The molecular weight excluding hydrogens is 460 g/mol. The van der Waals surface area contributed by atoms with Crippen molar-refractivity contribution in [3.63, 3.8) is 0 Å². The van der Waals surface area contributed by atoms with E-state index in [0.717, 1.165) is 37.7 Å². The van der Waals surface area contributed by atoms with Crippen LogP contribution in [0.1, 0.15) is 95.2 Å². The lowest BCUT2D eigenvalue weighted by Gasteiger charge is -2.42. The summed E-state index contributed by atoms with van der Waals surface area (Å²) in [6, 6.07) is 15.3. The third kappa shape index (κ3) is 7.33. The van der Waals surface area contributed by atoms with Crippen LogP contribution in [0.25, 0.3) is 11.1 Å². The molecule has 3 rings (SSSR count). The highest BCUT2D eigenvalue weighted by Gasteiger charge is 2.44. The van der Waals surface area contributed by atoms with Gasteiger partial charge < -0.3 is 14.2 Å². The van der Waals surface area contributed by atoms with Gasteiger partial charge in [-0.15, -0.1) is 0 Å². The Hall–Kier alpha value is -2.43. The molecule has 0 N–H and O–H groups in total. The van der Waals surface area contributed by atoms with Crippen LogP contribution in [0.3, 0.4) is 0 Å². The highest BCUT2D eigenvalue weighted by molar-refractivity contribution is 5.81. The Morgan fingerprint density at radius 1 is 0.892 bits per heavy atom. The molecule has 1 unspecified atom stereocenters. The van der Waals surface area contributed by atoms with Crippen molar-refractivity contribution in [2.24, 2.45) is 5.92 Å². The van der Waals surface area contributed by atoms with Crippen LogP contribution in [0.2, 0.25) is 0 Å². The molecule has 4 nitrogen and oxygen atoms in total. The van der Waals surface area contributed by atoms with Gasteiger partial charge >= 0.3 is 5.97 Å². The molecule has 37 heavy (non-hydrogen) atoms. The Kier molecular flexibility index (Phi) is 11.9. The average Bonchev–Trinajstić information content (AvgIpc) is 3.30. The van der Waals surface area contributed by atoms with E-state index in [4.69, 9.17) is 14.2 Å². The summed E-state index contributed by atoms with van der Waals surface area (Å²) in [5, 5.41) is 0. The third-order valence-electron chi connectivity index (χ3n) is 7.50. The predicted molar refractivity (Wildman–Crippen MR) is 151 cm³/mol. The lowest BCUT2D eigenvalue weighted by Crippen LogP contribution is -2.42. The Labute approximate surface area is 224 Å². The number of fused-ring (bicyclic) bond motifs is 3. The molecule has 1 atom stereocenters. The van der Waals surface area contributed by atoms with Gasteiger partial charge in [-0.25, -0.2) is 4.79 Å². The van der Waals surface area contributed by atoms with Gasteiger partial charge in [-0.3, -0.25) is 0 Å². The van der Waals surface area contributed by atoms with Crippen molar-refractivity contribution in [2.45, 2.75) is 90.8 Å². The van der Waals surface area contributed by atoms with Gasteiger partial charge in [0.2, 0.25) is 0 Å². The molecule has 0 aromatic heterocycles. The zero-order chi connectivity index (χ0) is 26.5. The maximum Gasteiger partial charge on any atom is 0.330 e. The van der Waals surface area contributed by atoms with Crippen LogP contribution in [-0.4, -0.2) is 25.8 Å². The second-order valence-corrected chi connectivity index (χ2v) is 9.97. The van der Waals surface area contributed by atoms with E-state index < -0.39 is 5.79 Å². The Morgan fingerprint density at radius 3 is 2.30 bits per heavy atom. The smallest absolute Gasteiger partial charge is 0.330 e. The van der Waals surface area contributed by atoms with Crippen LogP contribution in [0.5, 0.6) is 0 Å². The first-order chi connectivity index (χ1) is 18.1. The minimum Gasteiger partial charge on any atom is -0.463 e. The van der Waals surface area contributed by atoms with Crippen LogP contribution in [0.15, 0.2) is 55.1 Å². The topological polar surface area (TPSA) is 44.8 Å². The normalized spacial score (nSPS) is 13.2. The predicted octanol–water partition coefficient (Wildman–Crippen LogP) is 8.36. The van der Waals surface area contributed by atoms with Gasteiger partial charge in [0, 0.05) is 30.8 Å². The molecule has 202 valence electrons. The number of ether oxygens (including phenoxy) is 3. The molecule has 0 amide bonds. The molecule has 2 aromatic rings. The number of esters is 1. The van der Waals surface area contributed by atoms with Gasteiger partial charge in [0.25, 0.3) is 0 Å². The third-order valence-corrected chi connectivity index (χ3v) is 7.50. The maximum atomic E-state index is 11.6. The molecule has 0 saturated carbocycles. The van der Waals surface area contributed by atoms with E-state index in [0.29, 0.717) is 19.8 Å². The van der Waals surface area contributed by atoms with Gasteiger partial charge in [0.1, 0.15) is 0 Å². The first-order valence-corrected chi connectivity index (χ1v) is 14.4. The van der Waals surface area contributed by atoms with Gasteiger partial charge in [-0.1, -0.05) is 94.5 Å². The number of carbonyl (C=O) groups excluding carboxylic acids is 1. The summed E-state index contributed by atoms with van der Waals surface area (Å²) in [4.78, 5) is 11.6. The van der Waals surface area contributed by atoms with Gasteiger partial charge in [-0.05, 0) is 61.8 Å². The molecule has 0 bridgehead atoms. The number of hydrogen-bond donors (Lipinski definition) is 0. The largest absolute Gasteiger partial charge is 0.463 e. The summed E-state index contributed by atoms with van der Waals surface area (Å²) in [7, 11) is 0. The first-order valence-electron chi connectivity index (χ1n) is 14.4. The van der Waals surface area contributed by atoms with Crippen molar-refractivity contribution >= 4 is 5.97 Å². The summed E-state index contributed by atoms with van der Waals surface area (Å²) in [6.45, 7) is 11.4. The molecule has 1 aliphatic carbocycles. The zero-order valence-electron chi connectivity index (χ0n) is 23.2. The van der Waals surface area contributed by atoms with Gasteiger partial charge in [-0.2, -0.15) is 0 Å². The van der Waals surface area contributed by atoms with Crippen molar-refractivity contribution in [3.05, 3.63) is 71.8 Å². The molecule has 4 heteroatoms. The van der Waals surface area contributed by atoms with E-state index >= 15 is 0 Å². The fourth-order valence-corrected chi connectivity index (χ4v) is 5.82. The summed E-state index contributed by atoms with van der Waals surface area (Å²) in [6.07, 6.45) is 12.2. The van der Waals surface area contributed by atoms with E-state index in [1.54, 1.807) is 0 Å². The monoisotopic (exact) mass is 506 g/mol. The molecule has 0 saturated heterocycles. The second-order valence-electron chi connectivity index (χ2n) is 9.97. The lowest BCUT2D eigenvalue weighted by molar-refractivity contribution is -0.277. The highest BCUT2D eigenvalue weighted by atomic mass is 16.7. The maximum absolute atomic E-state index is 11.6. The van der Waals surface area contributed by atoms with E-state index in [1.807, 2.05) is 0 Å². The zero-order valence-corrected chi connectivity index (χ0v) is 23.2. The molecule has 0 fully saturated rings.